The number of pyridine rings is 1. The monoisotopic (exact) mass is 290 g/mol. The van der Waals surface area contributed by atoms with E-state index in [2.05, 4.69) is 31.8 Å². The zero-order chi connectivity index (χ0) is 14.7. The maximum Gasteiger partial charge on any atom is 0.238 e. The van der Waals surface area contributed by atoms with Gasteiger partial charge in [0.2, 0.25) is 5.88 Å². The van der Waals surface area contributed by atoms with Gasteiger partial charge < -0.3 is 10.5 Å². The van der Waals surface area contributed by atoms with E-state index in [9.17, 15) is 0 Å². The van der Waals surface area contributed by atoms with Crippen LogP contribution in [0.3, 0.4) is 0 Å². The second-order valence-electron chi connectivity index (χ2n) is 5.07. The smallest absolute Gasteiger partial charge is 0.238 e. The summed E-state index contributed by atoms with van der Waals surface area (Å²) in [6.45, 7) is 6.79. The lowest BCUT2D eigenvalue weighted by molar-refractivity contribution is 0.461. The molecule has 0 radical (unpaired) electrons. The highest BCUT2D eigenvalue weighted by Gasteiger charge is 2.10. The normalized spacial score (nSPS) is 10.9. The van der Waals surface area contributed by atoms with Crippen molar-refractivity contribution in [3.05, 3.63) is 52.2 Å². The quantitative estimate of drug-likeness (QED) is 0.907. The first-order valence-electron chi connectivity index (χ1n) is 6.64. The van der Waals surface area contributed by atoms with Gasteiger partial charge in [0.1, 0.15) is 10.8 Å². The van der Waals surface area contributed by atoms with E-state index >= 15 is 0 Å². The van der Waals surface area contributed by atoms with Gasteiger partial charge in [-0.15, -0.1) is 0 Å². The zero-order valence-corrected chi connectivity index (χ0v) is 12.7. The van der Waals surface area contributed by atoms with Gasteiger partial charge in [-0.1, -0.05) is 31.5 Å². The Labute approximate surface area is 124 Å². The average Bonchev–Trinajstić information content (AvgIpc) is 2.41. The van der Waals surface area contributed by atoms with Gasteiger partial charge in [-0.25, -0.2) is 4.98 Å². The van der Waals surface area contributed by atoms with E-state index < -0.39 is 0 Å². The molecule has 2 aromatic rings. The van der Waals surface area contributed by atoms with E-state index in [1.807, 2.05) is 12.1 Å². The Kier molecular flexibility index (Phi) is 4.63. The molecule has 2 N–H and O–H groups in total. The maximum atomic E-state index is 6.21. The summed E-state index contributed by atoms with van der Waals surface area (Å²) in [5, 5.41) is 0.473. The molecular formula is C16H19ClN2O. The lowest BCUT2D eigenvalue weighted by Crippen LogP contribution is -2.00. The third-order valence-electron chi connectivity index (χ3n) is 3.23. The van der Waals surface area contributed by atoms with Gasteiger partial charge in [0, 0.05) is 12.7 Å². The van der Waals surface area contributed by atoms with Crippen LogP contribution in [-0.2, 0) is 6.54 Å². The summed E-state index contributed by atoms with van der Waals surface area (Å²) in [5.41, 5.74) is 8.96. The SMILES string of the molecule is Cc1cc(Oc2nccc(CN)c2Cl)ccc1C(C)C. The first-order valence-corrected chi connectivity index (χ1v) is 7.02. The minimum absolute atomic E-state index is 0.364. The molecule has 0 aliphatic heterocycles. The fourth-order valence-corrected chi connectivity index (χ4v) is 2.39. The van der Waals surface area contributed by atoms with Crippen molar-refractivity contribution in [3.63, 3.8) is 0 Å². The lowest BCUT2D eigenvalue weighted by Gasteiger charge is -2.13. The van der Waals surface area contributed by atoms with Crippen molar-refractivity contribution in [1.29, 1.82) is 0 Å². The molecule has 0 unspecified atom stereocenters. The number of ether oxygens (including phenoxy) is 1. The Morgan fingerprint density at radius 2 is 2.05 bits per heavy atom. The Hall–Kier alpha value is -1.58. The van der Waals surface area contributed by atoms with Crippen LogP contribution in [0.25, 0.3) is 0 Å². The summed E-state index contributed by atoms with van der Waals surface area (Å²) in [7, 11) is 0. The third kappa shape index (κ3) is 3.11. The molecule has 0 bridgehead atoms. The van der Waals surface area contributed by atoms with Gasteiger partial charge >= 0.3 is 0 Å². The van der Waals surface area contributed by atoms with Crippen molar-refractivity contribution >= 4 is 11.6 Å². The molecule has 0 amide bonds. The number of nitrogens with zero attached hydrogens (tertiary/aromatic N) is 1. The van der Waals surface area contributed by atoms with Crippen LogP contribution in [0.5, 0.6) is 11.6 Å². The van der Waals surface area contributed by atoms with Crippen LogP contribution < -0.4 is 10.5 Å². The lowest BCUT2D eigenvalue weighted by atomic mass is 9.98. The molecule has 106 valence electrons. The third-order valence-corrected chi connectivity index (χ3v) is 3.64. The molecule has 0 spiro atoms. The fourth-order valence-electron chi connectivity index (χ4n) is 2.16. The standard InChI is InChI=1S/C16H19ClN2O/c1-10(2)14-5-4-13(8-11(14)3)20-16-15(17)12(9-18)6-7-19-16/h4-8,10H,9,18H2,1-3H3. The van der Waals surface area contributed by atoms with Gasteiger partial charge in [0.05, 0.1) is 0 Å². The molecule has 0 aliphatic carbocycles. The number of nitrogens with two attached hydrogens (primary N) is 1. The summed E-state index contributed by atoms with van der Waals surface area (Å²) in [6, 6.07) is 7.82. The number of halogens is 1. The molecule has 3 nitrogen and oxygen atoms in total. The summed E-state index contributed by atoms with van der Waals surface area (Å²) < 4.78 is 5.77. The van der Waals surface area contributed by atoms with E-state index in [1.54, 1.807) is 12.3 Å². The first-order chi connectivity index (χ1) is 9.52. The predicted molar refractivity (Wildman–Crippen MR) is 82.5 cm³/mol. The Morgan fingerprint density at radius 1 is 1.30 bits per heavy atom. The zero-order valence-electron chi connectivity index (χ0n) is 12.0. The van der Waals surface area contributed by atoms with Crippen molar-refractivity contribution in [2.75, 3.05) is 0 Å². The predicted octanol–water partition coefficient (Wildman–Crippen LogP) is 4.42. The van der Waals surface area contributed by atoms with E-state index in [0.717, 1.165) is 11.3 Å². The van der Waals surface area contributed by atoms with Gasteiger partial charge in [0.25, 0.3) is 0 Å². The number of benzene rings is 1. The van der Waals surface area contributed by atoms with Crippen LogP contribution in [0.2, 0.25) is 5.02 Å². The fraction of sp³-hybridized carbons (Fsp3) is 0.312. The van der Waals surface area contributed by atoms with E-state index in [1.165, 1.54) is 11.1 Å². The van der Waals surface area contributed by atoms with Crippen LogP contribution in [0.4, 0.5) is 0 Å². The molecule has 1 aromatic heterocycles. The minimum atomic E-state index is 0.364. The highest BCUT2D eigenvalue weighted by Crippen LogP contribution is 2.31. The Balaban J connectivity index is 2.29. The molecule has 20 heavy (non-hydrogen) atoms. The summed E-state index contributed by atoms with van der Waals surface area (Å²) in [6.07, 6.45) is 1.65. The number of rotatable bonds is 4. The van der Waals surface area contributed by atoms with Gasteiger partial charge in [-0.2, -0.15) is 0 Å². The van der Waals surface area contributed by atoms with E-state index in [4.69, 9.17) is 22.1 Å². The molecule has 1 heterocycles. The molecule has 1 aromatic carbocycles. The van der Waals surface area contributed by atoms with Gasteiger partial charge in [0.15, 0.2) is 0 Å². The van der Waals surface area contributed by atoms with Crippen molar-refractivity contribution in [3.8, 4) is 11.6 Å². The van der Waals surface area contributed by atoms with E-state index in [0.29, 0.717) is 23.4 Å². The van der Waals surface area contributed by atoms with Crippen LogP contribution in [0.15, 0.2) is 30.5 Å². The van der Waals surface area contributed by atoms with Gasteiger partial charge in [-0.05, 0) is 47.7 Å². The highest BCUT2D eigenvalue weighted by molar-refractivity contribution is 6.32. The van der Waals surface area contributed by atoms with Crippen LogP contribution in [0, 0.1) is 6.92 Å². The Morgan fingerprint density at radius 3 is 2.65 bits per heavy atom. The molecular weight excluding hydrogens is 272 g/mol. The largest absolute Gasteiger partial charge is 0.438 e. The molecule has 4 heteroatoms. The van der Waals surface area contributed by atoms with Crippen molar-refractivity contribution in [2.24, 2.45) is 5.73 Å². The molecule has 0 fully saturated rings. The highest BCUT2D eigenvalue weighted by atomic mass is 35.5. The second-order valence-corrected chi connectivity index (χ2v) is 5.45. The van der Waals surface area contributed by atoms with Crippen molar-refractivity contribution in [1.82, 2.24) is 4.98 Å². The van der Waals surface area contributed by atoms with Crippen LogP contribution in [0.1, 0.15) is 36.5 Å². The second kappa shape index (κ2) is 6.25. The van der Waals surface area contributed by atoms with E-state index in [-0.39, 0.29) is 0 Å². The Bertz CT molecular complexity index is 611. The van der Waals surface area contributed by atoms with Crippen molar-refractivity contribution < 1.29 is 4.74 Å². The molecule has 0 saturated heterocycles. The topological polar surface area (TPSA) is 48.1 Å². The number of hydrogen-bond donors (Lipinski definition) is 1. The summed E-state index contributed by atoms with van der Waals surface area (Å²) in [5.74, 6) is 1.62. The average molecular weight is 291 g/mol. The number of aryl methyl sites for hydroxylation is 1. The van der Waals surface area contributed by atoms with Crippen LogP contribution >= 0.6 is 11.6 Å². The maximum absolute atomic E-state index is 6.21. The molecule has 0 atom stereocenters. The molecule has 0 aliphatic rings. The van der Waals surface area contributed by atoms with Crippen LogP contribution in [-0.4, -0.2) is 4.98 Å². The van der Waals surface area contributed by atoms with Crippen molar-refractivity contribution in [2.45, 2.75) is 33.2 Å². The first kappa shape index (κ1) is 14.8. The minimum Gasteiger partial charge on any atom is -0.438 e. The molecule has 2 rings (SSSR count). The molecule has 0 saturated carbocycles. The number of aromatic nitrogens is 1. The van der Waals surface area contributed by atoms with Gasteiger partial charge in [-0.3, -0.25) is 0 Å². The summed E-state index contributed by atoms with van der Waals surface area (Å²) in [4.78, 5) is 4.16. The number of hydrogen-bond acceptors (Lipinski definition) is 3. The summed E-state index contributed by atoms with van der Waals surface area (Å²) >= 11 is 6.21.